The summed E-state index contributed by atoms with van der Waals surface area (Å²) < 4.78 is 72.0. The summed E-state index contributed by atoms with van der Waals surface area (Å²) in [6.07, 6.45) is -3.80. The van der Waals surface area contributed by atoms with Crippen LogP contribution in [0, 0.1) is 5.92 Å². The number of carbonyl (C=O) groups excluding carboxylic acids is 1. The van der Waals surface area contributed by atoms with Crippen LogP contribution in [0.5, 0.6) is 5.75 Å². The van der Waals surface area contributed by atoms with E-state index >= 15 is 0 Å². The van der Waals surface area contributed by atoms with Crippen LogP contribution < -0.4 is 10.1 Å². The van der Waals surface area contributed by atoms with Crippen LogP contribution in [0.15, 0.2) is 53.4 Å². The third-order valence-corrected chi connectivity index (χ3v) is 6.90. The van der Waals surface area contributed by atoms with E-state index in [9.17, 15) is 26.4 Å². The molecular weight excluding hydrogens is 433 g/mol. The van der Waals surface area contributed by atoms with Crippen LogP contribution in [-0.4, -0.2) is 38.3 Å². The number of hydrogen-bond acceptors (Lipinski definition) is 4. The molecule has 1 heterocycles. The topological polar surface area (TPSA) is 75.7 Å². The Morgan fingerprint density at radius 3 is 2.48 bits per heavy atom. The molecule has 6 nitrogen and oxygen atoms in total. The first kappa shape index (κ1) is 23.1. The zero-order valence-electron chi connectivity index (χ0n) is 16.9. The maximum absolute atomic E-state index is 13.2. The van der Waals surface area contributed by atoms with Gasteiger partial charge in [-0.25, -0.2) is 8.42 Å². The second-order valence-corrected chi connectivity index (χ2v) is 9.08. The Hall–Kier alpha value is -2.59. The first-order chi connectivity index (χ1) is 14.6. The van der Waals surface area contributed by atoms with Crippen LogP contribution in [0.3, 0.4) is 0 Å². The number of piperidine rings is 1. The molecule has 31 heavy (non-hydrogen) atoms. The van der Waals surface area contributed by atoms with Crippen molar-refractivity contribution in [3.8, 4) is 5.75 Å². The molecule has 1 aliphatic rings. The van der Waals surface area contributed by atoms with Gasteiger partial charge in [0.15, 0.2) is 0 Å². The predicted octanol–water partition coefficient (Wildman–Crippen LogP) is 4.14. The Bertz CT molecular complexity index is 1020. The zero-order valence-corrected chi connectivity index (χ0v) is 17.7. The minimum Gasteiger partial charge on any atom is -0.494 e. The summed E-state index contributed by atoms with van der Waals surface area (Å²) in [7, 11) is -3.85. The van der Waals surface area contributed by atoms with Gasteiger partial charge in [0.1, 0.15) is 5.75 Å². The Morgan fingerprint density at radius 2 is 1.84 bits per heavy atom. The van der Waals surface area contributed by atoms with Gasteiger partial charge in [-0.1, -0.05) is 12.1 Å². The molecule has 0 aromatic heterocycles. The molecule has 2 aromatic rings. The van der Waals surface area contributed by atoms with Gasteiger partial charge < -0.3 is 10.1 Å². The van der Waals surface area contributed by atoms with Crippen molar-refractivity contribution in [1.29, 1.82) is 0 Å². The first-order valence-electron chi connectivity index (χ1n) is 9.83. The maximum atomic E-state index is 13.2. The molecule has 1 amide bonds. The van der Waals surface area contributed by atoms with Crippen LogP contribution in [0.25, 0.3) is 0 Å². The van der Waals surface area contributed by atoms with Gasteiger partial charge in [0.05, 0.1) is 28.7 Å². The molecule has 1 atom stereocenters. The second-order valence-electron chi connectivity index (χ2n) is 7.14. The van der Waals surface area contributed by atoms with E-state index in [1.54, 1.807) is 12.1 Å². The van der Waals surface area contributed by atoms with Crippen molar-refractivity contribution >= 4 is 21.6 Å². The number of anilines is 1. The Labute approximate surface area is 179 Å². The van der Waals surface area contributed by atoms with Gasteiger partial charge in [0.2, 0.25) is 15.9 Å². The van der Waals surface area contributed by atoms with Crippen molar-refractivity contribution < 1.29 is 31.1 Å². The second kappa shape index (κ2) is 9.27. The number of halogens is 3. The highest BCUT2D eigenvalue weighted by atomic mass is 32.2. The molecule has 1 fully saturated rings. The number of ether oxygens (including phenoxy) is 1. The number of nitrogens with one attached hydrogen (secondary N) is 1. The molecule has 1 aliphatic heterocycles. The van der Waals surface area contributed by atoms with Gasteiger partial charge in [0, 0.05) is 13.1 Å². The molecule has 0 aliphatic carbocycles. The lowest BCUT2D eigenvalue weighted by Gasteiger charge is -2.31. The SMILES string of the molecule is CCOc1ccc(S(=O)(=O)N2CCC[C@@H](C(=O)Nc3ccccc3C(F)(F)F)C2)cc1. The summed E-state index contributed by atoms with van der Waals surface area (Å²) in [6, 6.07) is 10.7. The summed E-state index contributed by atoms with van der Waals surface area (Å²) in [4.78, 5) is 12.7. The minimum atomic E-state index is -4.61. The quantitative estimate of drug-likeness (QED) is 0.709. The van der Waals surface area contributed by atoms with Crippen molar-refractivity contribution in [3.63, 3.8) is 0 Å². The van der Waals surface area contributed by atoms with E-state index in [2.05, 4.69) is 5.32 Å². The van der Waals surface area contributed by atoms with Crippen molar-refractivity contribution in [3.05, 3.63) is 54.1 Å². The average Bonchev–Trinajstić information content (AvgIpc) is 2.74. The lowest BCUT2D eigenvalue weighted by Crippen LogP contribution is -2.43. The van der Waals surface area contributed by atoms with E-state index in [4.69, 9.17) is 4.74 Å². The number of hydrogen-bond donors (Lipinski definition) is 1. The van der Waals surface area contributed by atoms with Gasteiger partial charge in [0.25, 0.3) is 0 Å². The number of rotatable bonds is 6. The highest BCUT2D eigenvalue weighted by molar-refractivity contribution is 7.89. The van der Waals surface area contributed by atoms with Gasteiger partial charge >= 0.3 is 6.18 Å². The van der Waals surface area contributed by atoms with E-state index in [1.165, 1.54) is 34.6 Å². The molecule has 0 bridgehead atoms. The van der Waals surface area contributed by atoms with Crippen molar-refractivity contribution in [1.82, 2.24) is 4.31 Å². The lowest BCUT2D eigenvalue weighted by molar-refractivity contribution is -0.137. The Balaban J connectivity index is 1.74. The minimum absolute atomic E-state index is 0.0689. The van der Waals surface area contributed by atoms with Crippen molar-refractivity contribution in [2.45, 2.75) is 30.8 Å². The van der Waals surface area contributed by atoms with E-state index in [-0.39, 0.29) is 23.7 Å². The van der Waals surface area contributed by atoms with Crippen molar-refractivity contribution in [2.75, 3.05) is 25.0 Å². The third kappa shape index (κ3) is 5.37. The molecular formula is C21H23F3N2O4S. The highest BCUT2D eigenvalue weighted by Gasteiger charge is 2.36. The standard InChI is InChI=1S/C21H23F3N2O4S/c1-2-30-16-9-11-17(12-10-16)31(28,29)26-13-5-6-15(14-26)20(27)25-19-8-4-3-7-18(19)21(22,23)24/h3-4,7-12,15H,2,5-6,13-14H2,1H3,(H,25,27)/t15-/m1/s1. The molecule has 10 heteroatoms. The van der Waals surface area contributed by atoms with E-state index < -0.39 is 33.6 Å². The molecule has 1 N–H and O–H groups in total. The first-order valence-corrected chi connectivity index (χ1v) is 11.3. The number of alkyl halides is 3. The molecule has 0 unspecified atom stereocenters. The number of nitrogens with zero attached hydrogens (tertiary/aromatic N) is 1. The number of benzene rings is 2. The Kier molecular flexibility index (Phi) is 6.90. The fraction of sp³-hybridized carbons (Fsp3) is 0.381. The predicted molar refractivity (Wildman–Crippen MR) is 109 cm³/mol. The number of carbonyl (C=O) groups is 1. The number of sulfonamides is 1. The fourth-order valence-electron chi connectivity index (χ4n) is 3.47. The van der Waals surface area contributed by atoms with Gasteiger partial charge in [-0.15, -0.1) is 0 Å². The molecule has 0 saturated carbocycles. The molecule has 0 radical (unpaired) electrons. The van der Waals surface area contributed by atoms with Crippen LogP contribution in [-0.2, 0) is 21.0 Å². The number of para-hydroxylation sites is 1. The summed E-state index contributed by atoms with van der Waals surface area (Å²) in [6.45, 7) is 2.40. The van der Waals surface area contributed by atoms with Gasteiger partial charge in [-0.05, 0) is 56.2 Å². The molecule has 168 valence electrons. The maximum Gasteiger partial charge on any atom is 0.418 e. The molecule has 3 rings (SSSR count). The van der Waals surface area contributed by atoms with Crippen LogP contribution >= 0.6 is 0 Å². The summed E-state index contributed by atoms with van der Waals surface area (Å²) in [5.74, 6) is -0.850. The van der Waals surface area contributed by atoms with E-state index in [0.29, 0.717) is 25.2 Å². The smallest absolute Gasteiger partial charge is 0.418 e. The van der Waals surface area contributed by atoms with Crippen LogP contribution in [0.2, 0.25) is 0 Å². The summed E-state index contributed by atoms with van der Waals surface area (Å²) >= 11 is 0. The van der Waals surface area contributed by atoms with Crippen LogP contribution in [0.4, 0.5) is 18.9 Å². The van der Waals surface area contributed by atoms with E-state index in [0.717, 1.165) is 6.07 Å². The average molecular weight is 456 g/mol. The van der Waals surface area contributed by atoms with Gasteiger partial charge in [-0.3, -0.25) is 4.79 Å². The highest BCUT2D eigenvalue weighted by Crippen LogP contribution is 2.35. The molecule has 1 saturated heterocycles. The monoisotopic (exact) mass is 456 g/mol. The molecule has 0 spiro atoms. The van der Waals surface area contributed by atoms with E-state index in [1.807, 2.05) is 6.92 Å². The van der Waals surface area contributed by atoms with Crippen LogP contribution in [0.1, 0.15) is 25.3 Å². The summed E-state index contributed by atoms with van der Waals surface area (Å²) in [5, 5.41) is 2.32. The fourth-order valence-corrected chi connectivity index (χ4v) is 5.00. The third-order valence-electron chi connectivity index (χ3n) is 5.02. The lowest BCUT2D eigenvalue weighted by atomic mass is 9.98. The van der Waals surface area contributed by atoms with Gasteiger partial charge in [-0.2, -0.15) is 17.5 Å². The zero-order chi connectivity index (χ0) is 22.6. The summed E-state index contributed by atoms with van der Waals surface area (Å²) in [5.41, 5.74) is -1.29. The Morgan fingerprint density at radius 1 is 1.16 bits per heavy atom. The van der Waals surface area contributed by atoms with Crippen molar-refractivity contribution in [2.24, 2.45) is 5.92 Å². The normalized spacial score (nSPS) is 17.9. The number of amides is 1. The largest absolute Gasteiger partial charge is 0.494 e. The molecule has 2 aromatic carbocycles.